The van der Waals surface area contributed by atoms with E-state index in [1.54, 1.807) is 7.11 Å². The van der Waals surface area contributed by atoms with Crippen molar-refractivity contribution in [2.24, 2.45) is 4.99 Å². The van der Waals surface area contributed by atoms with Crippen LogP contribution in [-0.2, 0) is 4.74 Å². The maximum atomic E-state index is 10.7. The fraction of sp³-hybridized carbons (Fsp3) is 0.667. The van der Waals surface area contributed by atoms with Crippen LogP contribution in [0.25, 0.3) is 0 Å². The first-order valence-electron chi connectivity index (χ1n) is 10.3. The van der Waals surface area contributed by atoms with E-state index in [9.17, 15) is 5.11 Å². The number of nitrogens with one attached hydrogen (secondary N) is 2. The molecule has 0 bridgehead atoms. The van der Waals surface area contributed by atoms with E-state index in [4.69, 9.17) is 14.2 Å². The van der Waals surface area contributed by atoms with E-state index < -0.39 is 5.60 Å². The van der Waals surface area contributed by atoms with Gasteiger partial charge in [0.15, 0.2) is 5.96 Å². The molecule has 1 unspecified atom stereocenters. The largest absolute Gasteiger partial charge is 0.497 e. The predicted octanol–water partition coefficient (Wildman–Crippen LogP) is 1.10. The highest BCUT2D eigenvalue weighted by atomic mass is 16.5. The van der Waals surface area contributed by atoms with E-state index in [1.807, 2.05) is 38.1 Å². The molecule has 1 aliphatic heterocycles. The third-order valence-corrected chi connectivity index (χ3v) is 4.53. The van der Waals surface area contributed by atoms with E-state index in [1.165, 1.54) is 0 Å². The average molecular weight is 409 g/mol. The number of aliphatic hydroxyl groups is 1. The van der Waals surface area contributed by atoms with Gasteiger partial charge in [0, 0.05) is 32.7 Å². The van der Waals surface area contributed by atoms with Crippen molar-refractivity contribution in [1.82, 2.24) is 15.5 Å². The molecule has 0 spiro atoms. The molecule has 1 aromatic rings. The second-order valence-electron chi connectivity index (χ2n) is 7.38. The molecule has 164 valence electrons. The highest BCUT2D eigenvalue weighted by Gasteiger charge is 2.25. The molecule has 1 saturated heterocycles. The first kappa shape index (κ1) is 23.3. The van der Waals surface area contributed by atoms with Crippen LogP contribution in [0.5, 0.6) is 11.5 Å². The number of guanidine groups is 1. The van der Waals surface area contributed by atoms with E-state index in [0.717, 1.165) is 57.3 Å². The van der Waals surface area contributed by atoms with Crippen LogP contribution in [0.3, 0.4) is 0 Å². The molecule has 0 aliphatic carbocycles. The number of ether oxygens (including phenoxy) is 3. The van der Waals surface area contributed by atoms with Gasteiger partial charge in [0.25, 0.3) is 0 Å². The van der Waals surface area contributed by atoms with Crippen LogP contribution in [0.4, 0.5) is 0 Å². The molecular formula is C21H36N4O4. The van der Waals surface area contributed by atoms with Crippen LogP contribution < -0.4 is 20.1 Å². The van der Waals surface area contributed by atoms with Crippen molar-refractivity contribution in [3.8, 4) is 11.5 Å². The molecule has 0 saturated carbocycles. The minimum Gasteiger partial charge on any atom is -0.497 e. The van der Waals surface area contributed by atoms with Crippen LogP contribution in [-0.4, -0.2) is 87.8 Å². The van der Waals surface area contributed by atoms with Crippen molar-refractivity contribution in [2.45, 2.75) is 25.9 Å². The van der Waals surface area contributed by atoms with Crippen molar-refractivity contribution in [3.05, 3.63) is 24.3 Å². The van der Waals surface area contributed by atoms with Gasteiger partial charge in [-0.15, -0.1) is 0 Å². The summed E-state index contributed by atoms with van der Waals surface area (Å²) in [4.78, 5) is 6.78. The van der Waals surface area contributed by atoms with E-state index in [2.05, 4.69) is 20.5 Å². The highest BCUT2D eigenvalue weighted by molar-refractivity contribution is 5.79. The fourth-order valence-corrected chi connectivity index (χ4v) is 3.02. The molecule has 1 heterocycles. The Hall–Kier alpha value is -2.03. The number of aliphatic imine (C=N–C) groups is 1. The predicted molar refractivity (Wildman–Crippen MR) is 115 cm³/mol. The first-order valence-corrected chi connectivity index (χ1v) is 10.3. The van der Waals surface area contributed by atoms with E-state index in [-0.39, 0.29) is 0 Å². The lowest BCUT2D eigenvalue weighted by molar-refractivity contribution is -0.0180. The zero-order valence-corrected chi connectivity index (χ0v) is 17.9. The summed E-state index contributed by atoms with van der Waals surface area (Å²) in [6.45, 7) is 10.0. The smallest absolute Gasteiger partial charge is 0.191 e. The van der Waals surface area contributed by atoms with Crippen molar-refractivity contribution < 1.29 is 19.3 Å². The summed E-state index contributed by atoms with van der Waals surface area (Å²) < 4.78 is 16.2. The second kappa shape index (κ2) is 12.5. The van der Waals surface area contributed by atoms with Gasteiger partial charge in [-0.1, -0.05) is 0 Å². The van der Waals surface area contributed by atoms with Crippen molar-refractivity contribution >= 4 is 5.96 Å². The summed E-state index contributed by atoms with van der Waals surface area (Å²) in [7, 11) is 1.65. The number of hydrogen-bond acceptors (Lipinski definition) is 6. The Balaban J connectivity index is 1.70. The maximum absolute atomic E-state index is 10.7. The Morgan fingerprint density at radius 1 is 1.21 bits per heavy atom. The molecule has 1 atom stereocenters. The Kier molecular flexibility index (Phi) is 10.0. The van der Waals surface area contributed by atoms with Crippen molar-refractivity contribution in [2.75, 3.05) is 66.2 Å². The molecule has 8 nitrogen and oxygen atoms in total. The van der Waals surface area contributed by atoms with Gasteiger partial charge >= 0.3 is 0 Å². The second-order valence-corrected chi connectivity index (χ2v) is 7.38. The number of benzene rings is 1. The minimum atomic E-state index is -0.878. The zero-order valence-electron chi connectivity index (χ0n) is 17.9. The van der Waals surface area contributed by atoms with Gasteiger partial charge in [-0.25, -0.2) is 0 Å². The monoisotopic (exact) mass is 408 g/mol. The van der Waals surface area contributed by atoms with Gasteiger partial charge in [0.2, 0.25) is 0 Å². The van der Waals surface area contributed by atoms with Crippen LogP contribution in [0, 0.1) is 0 Å². The SMILES string of the molecule is CCNC(=NCC(C)(O)CN1CCOCC1)NCCCOc1ccc(OC)cc1. The summed E-state index contributed by atoms with van der Waals surface area (Å²) in [5, 5.41) is 17.2. The quantitative estimate of drug-likeness (QED) is 0.287. The lowest BCUT2D eigenvalue weighted by atomic mass is 10.1. The Morgan fingerprint density at radius 3 is 2.55 bits per heavy atom. The summed E-state index contributed by atoms with van der Waals surface area (Å²) in [6, 6.07) is 7.56. The molecule has 0 radical (unpaired) electrons. The van der Waals surface area contributed by atoms with Crippen molar-refractivity contribution in [1.29, 1.82) is 0 Å². The molecule has 29 heavy (non-hydrogen) atoms. The van der Waals surface area contributed by atoms with E-state index >= 15 is 0 Å². The highest BCUT2D eigenvalue weighted by Crippen LogP contribution is 2.17. The number of methoxy groups -OCH3 is 1. The Bertz CT molecular complexity index is 601. The standard InChI is InChI=1S/C21H36N4O4/c1-4-22-20(24-16-21(2,26)17-25-11-14-28-15-12-25)23-10-5-13-29-19-8-6-18(27-3)7-9-19/h6-9,26H,4-5,10-17H2,1-3H3,(H2,22,23,24). The number of rotatable bonds is 11. The molecule has 0 amide bonds. The number of nitrogens with zero attached hydrogens (tertiary/aromatic N) is 2. The summed E-state index contributed by atoms with van der Waals surface area (Å²) in [6.07, 6.45) is 0.834. The molecule has 1 aromatic carbocycles. The molecule has 8 heteroatoms. The van der Waals surface area contributed by atoms with Crippen LogP contribution in [0.1, 0.15) is 20.3 Å². The van der Waals surface area contributed by atoms with Gasteiger partial charge in [-0.2, -0.15) is 0 Å². The lowest BCUT2D eigenvalue weighted by Gasteiger charge is -2.33. The summed E-state index contributed by atoms with van der Waals surface area (Å²) in [5.41, 5.74) is -0.878. The average Bonchev–Trinajstić information content (AvgIpc) is 2.72. The van der Waals surface area contributed by atoms with Gasteiger partial charge < -0.3 is 30.0 Å². The Morgan fingerprint density at radius 2 is 1.90 bits per heavy atom. The van der Waals surface area contributed by atoms with Crippen LogP contribution in [0.2, 0.25) is 0 Å². The summed E-state index contributed by atoms with van der Waals surface area (Å²) in [5.74, 6) is 2.35. The van der Waals surface area contributed by atoms with Crippen LogP contribution in [0.15, 0.2) is 29.3 Å². The zero-order chi connectivity index (χ0) is 21.0. The number of β-amino-alcohol motifs (C(OH)–C–C–N with tert-alkyl or cyclic N) is 1. The van der Waals surface area contributed by atoms with E-state index in [0.29, 0.717) is 25.7 Å². The summed E-state index contributed by atoms with van der Waals surface area (Å²) >= 11 is 0. The number of morpholine rings is 1. The number of hydrogen-bond donors (Lipinski definition) is 3. The maximum Gasteiger partial charge on any atom is 0.191 e. The van der Waals surface area contributed by atoms with Crippen LogP contribution >= 0.6 is 0 Å². The molecule has 2 rings (SSSR count). The molecule has 1 fully saturated rings. The van der Waals surface area contributed by atoms with Crippen molar-refractivity contribution in [3.63, 3.8) is 0 Å². The van der Waals surface area contributed by atoms with Gasteiger partial charge in [-0.05, 0) is 44.5 Å². The third-order valence-electron chi connectivity index (χ3n) is 4.53. The van der Waals surface area contributed by atoms with Gasteiger partial charge in [0.1, 0.15) is 11.5 Å². The topological polar surface area (TPSA) is 87.6 Å². The molecule has 0 aromatic heterocycles. The molecular weight excluding hydrogens is 372 g/mol. The van der Waals surface area contributed by atoms with Gasteiger partial charge in [0.05, 0.1) is 39.1 Å². The lowest BCUT2D eigenvalue weighted by Crippen LogP contribution is -2.48. The molecule has 3 N–H and O–H groups in total. The molecule has 1 aliphatic rings. The fourth-order valence-electron chi connectivity index (χ4n) is 3.02. The Labute approximate surface area is 174 Å². The third kappa shape index (κ3) is 9.34. The van der Waals surface area contributed by atoms with Gasteiger partial charge in [-0.3, -0.25) is 9.89 Å². The minimum absolute atomic E-state index is 0.335. The first-order chi connectivity index (χ1) is 14.0. The normalized spacial score (nSPS) is 17.4.